The Morgan fingerprint density at radius 1 is 1.53 bits per heavy atom. The summed E-state index contributed by atoms with van der Waals surface area (Å²) in [6, 6.07) is 7.39. The van der Waals surface area contributed by atoms with Crippen LogP contribution in [0.15, 0.2) is 24.3 Å². The van der Waals surface area contributed by atoms with Gasteiger partial charge in [0.25, 0.3) is 0 Å². The van der Waals surface area contributed by atoms with E-state index >= 15 is 0 Å². The molecule has 0 saturated heterocycles. The van der Waals surface area contributed by atoms with Gasteiger partial charge in [-0.1, -0.05) is 19.1 Å². The number of carbonyl (C=O) groups is 2. The molecule has 17 heavy (non-hydrogen) atoms. The number of anilines is 1. The van der Waals surface area contributed by atoms with Crippen molar-refractivity contribution < 1.29 is 9.59 Å². The molecule has 1 heterocycles. The normalized spacial score (nSPS) is 10.2. The number of H-pyrrole nitrogens is 1. The molecule has 0 saturated carbocycles. The smallest absolute Gasteiger partial charge is 0.246 e. The maximum Gasteiger partial charge on any atom is 0.246 e. The second kappa shape index (κ2) is 4.65. The van der Waals surface area contributed by atoms with Crippen LogP contribution in [0, 0.1) is 0 Å². The number of aromatic amines is 1. The molecule has 2 N–H and O–H groups in total. The highest BCUT2D eigenvalue weighted by Crippen LogP contribution is 2.22. The second-order valence-corrected chi connectivity index (χ2v) is 3.42. The Bertz CT molecular complexity index is 549. The monoisotopic (exact) mass is 232 g/mol. The van der Waals surface area contributed by atoms with E-state index in [-0.39, 0.29) is 12.3 Å². The van der Waals surface area contributed by atoms with Crippen LogP contribution in [0.1, 0.15) is 13.3 Å². The minimum Gasteiger partial charge on any atom is -0.277 e. The first-order valence-corrected chi connectivity index (χ1v) is 5.23. The molecule has 0 aliphatic rings. The fraction of sp³-hybridized carbons (Fsp3) is 0.182. The number of nitrogens with zero attached hydrogens (tertiary/aromatic N) is 2. The average molecular weight is 232 g/mol. The molecule has 0 atom stereocenters. The molecular formula is C11H12N4O2. The molecule has 0 radical (unpaired) electrons. The number of aromatic nitrogens is 2. The molecule has 2 rings (SSSR count). The maximum atomic E-state index is 11.7. The van der Waals surface area contributed by atoms with E-state index in [1.54, 1.807) is 6.92 Å². The molecule has 1 aromatic carbocycles. The minimum atomic E-state index is -0.227. The van der Waals surface area contributed by atoms with Gasteiger partial charge in [0.05, 0.1) is 5.52 Å². The number of para-hydroxylation sites is 1. The van der Waals surface area contributed by atoms with Crippen LogP contribution in [-0.2, 0) is 9.59 Å². The Hall–Kier alpha value is -2.37. The summed E-state index contributed by atoms with van der Waals surface area (Å²) in [5.41, 5.74) is 3.16. The van der Waals surface area contributed by atoms with E-state index in [0.29, 0.717) is 12.2 Å². The van der Waals surface area contributed by atoms with Crippen molar-refractivity contribution in [2.24, 2.45) is 0 Å². The Morgan fingerprint density at radius 3 is 3.00 bits per heavy atom. The number of hydrogen-bond acceptors (Lipinski definition) is 3. The van der Waals surface area contributed by atoms with Crippen molar-refractivity contribution in [1.82, 2.24) is 15.6 Å². The Labute approximate surface area is 97.6 Å². The van der Waals surface area contributed by atoms with E-state index in [4.69, 9.17) is 0 Å². The zero-order valence-electron chi connectivity index (χ0n) is 9.30. The molecule has 2 aromatic rings. The Kier molecular flexibility index (Phi) is 3.04. The van der Waals surface area contributed by atoms with Crippen molar-refractivity contribution in [3.63, 3.8) is 0 Å². The van der Waals surface area contributed by atoms with Crippen LogP contribution in [-0.4, -0.2) is 22.5 Å². The summed E-state index contributed by atoms with van der Waals surface area (Å²) in [6.45, 7) is 1.72. The first kappa shape index (κ1) is 11.1. The van der Waals surface area contributed by atoms with Crippen molar-refractivity contribution in [3.05, 3.63) is 24.3 Å². The van der Waals surface area contributed by atoms with E-state index < -0.39 is 0 Å². The summed E-state index contributed by atoms with van der Waals surface area (Å²) in [5.74, 6) is 0.175. The van der Waals surface area contributed by atoms with Crippen LogP contribution in [0.2, 0.25) is 0 Å². The lowest BCUT2D eigenvalue weighted by atomic mass is 10.2. The summed E-state index contributed by atoms with van der Waals surface area (Å²) in [7, 11) is 0. The van der Waals surface area contributed by atoms with Gasteiger partial charge >= 0.3 is 0 Å². The van der Waals surface area contributed by atoms with Gasteiger partial charge in [-0.15, -0.1) is 0 Å². The third kappa shape index (κ3) is 1.96. The topological polar surface area (TPSA) is 78.1 Å². The molecule has 0 bridgehead atoms. The highest BCUT2D eigenvalue weighted by molar-refractivity contribution is 6.01. The van der Waals surface area contributed by atoms with Gasteiger partial charge in [0, 0.05) is 11.8 Å². The van der Waals surface area contributed by atoms with E-state index in [0.717, 1.165) is 15.9 Å². The lowest BCUT2D eigenvalue weighted by Gasteiger charge is -2.17. The molecule has 0 aliphatic heterocycles. The average Bonchev–Trinajstić information content (AvgIpc) is 2.79. The Morgan fingerprint density at radius 2 is 2.29 bits per heavy atom. The Balaban J connectivity index is 2.48. The van der Waals surface area contributed by atoms with Gasteiger partial charge in [-0.3, -0.25) is 20.1 Å². The SMILES string of the molecule is CCC(=O)N(NC=O)c1n[nH]c2ccccc12. The number of amides is 2. The van der Waals surface area contributed by atoms with Crippen molar-refractivity contribution in [2.75, 3.05) is 5.01 Å². The number of nitrogens with one attached hydrogen (secondary N) is 2. The highest BCUT2D eigenvalue weighted by atomic mass is 16.2. The lowest BCUT2D eigenvalue weighted by Crippen LogP contribution is -2.42. The molecule has 0 aliphatic carbocycles. The zero-order chi connectivity index (χ0) is 12.3. The largest absolute Gasteiger partial charge is 0.277 e. The first-order valence-electron chi connectivity index (χ1n) is 5.23. The maximum absolute atomic E-state index is 11.7. The molecule has 0 unspecified atom stereocenters. The van der Waals surface area contributed by atoms with Gasteiger partial charge in [-0.2, -0.15) is 5.10 Å². The van der Waals surface area contributed by atoms with Crippen molar-refractivity contribution in [2.45, 2.75) is 13.3 Å². The summed E-state index contributed by atoms with van der Waals surface area (Å²) in [5, 5.41) is 8.77. The van der Waals surface area contributed by atoms with Crippen LogP contribution < -0.4 is 10.4 Å². The first-order chi connectivity index (χ1) is 8.27. The second-order valence-electron chi connectivity index (χ2n) is 3.42. The van der Waals surface area contributed by atoms with Gasteiger partial charge in [0.15, 0.2) is 5.82 Å². The van der Waals surface area contributed by atoms with Crippen molar-refractivity contribution in [1.29, 1.82) is 0 Å². The minimum absolute atomic E-state index is 0.227. The number of fused-ring (bicyclic) bond motifs is 1. The molecule has 6 heteroatoms. The lowest BCUT2D eigenvalue weighted by molar-refractivity contribution is -0.121. The molecular weight excluding hydrogens is 220 g/mol. The number of carbonyl (C=O) groups excluding carboxylic acids is 2. The van der Waals surface area contributed by atoms with Crippen LogP contribution >= 0.6 is 0 Å². The number of rotatable bonds is 4. The van der Waals surface area contributed by atoms with E-state index in [1.807, 2.05) is 24.3 Å². The predicted molar refractivity (Wildman–Crippen MR) is 63.1 cm³/mol. The molecule has 88 valence electrons. The number of hydrogen-bond donors (Lipinski definition) is 2. The fourth-order valence-electron chi connectivity index (χ4n) is 1.58. The quantitative estimate of drug-likeness (QED) is 0.609. The van der Waals surface area contributed by atoms with Crippen LogP contribution in [0.25, 0.3) is 10.9 Å². The molecule has 0 spiro atoms. The van der Waals surface area contributed by atoms with E-state index in [2.05, 4.69) is 15.6 Å². The van der Waals surface area contributed by atoms with Crippen molar-refractivity contribution in [3.8, 4) is 0 Å². The molecule has 2 amide bonds. The van der Waals surface area contributed by atoms with Gasteiger partial charge in [0.1, 0.15) is 0 Å². The third-order valence-electron chi connectivity index (χ3n) is 2.40. The number of hydrazine groups is 1. The number of benzene rings is 1. The molecule has 6 nitrogen and oxygen atoms in total. The van der Waals surface area contributed by atoms with Gasteiger partial charge in [0.2, 0.25) is 12.3 Å². The highest BCUT2D eigenvalue weighted by Gasteiger charge is 2.18. The van der Waals surface area contributed by atoms with Crippen molar-refractivity contribution >= 4 is 29.0 Å². The van der Waals surface area contributed by atoms with E-state index in [1.165, 1.54) is 0 Å². The molecule has 1 aromatic heterocycles. The summed E-state index contributed by atoms with van der Waals surface area (Å²) in [4.78, 5) is 22.2. The van der Waals surface area contributed by atoms with Crippen LogP contribution in [0.4, 0.5) is 5.82 Å². The standard InChI is InChI=1S/C11H12N4O2/c1-2-10(17)15(12-7-16)11-8-5-3-4-6-9(8)13-14-11/h3-7H,2H2,1H3,(H,12,16)(H,13,14). The van der Waals surface area contributed by atoms with Gasteiger partial charge in [-0.05, 0) is 12.1 Å². The van der Waals surface area contributed by atoms with E-state index in [9.17, 15) is 9.59 Å². The summed E-state index contributed by atoms with van der Waals surface area (Å²) >= 11 is 0. The predicted octanol–water partition coefficient (Wildman–Crippen LogP) is 0.967. The van der Waals surface area contributed by atoms with Crippen LogP contribution in [0.5, 0.6) is 0 Å². The van der Waals surface area contributed by atoms with Crippen LogP contribution in [0.3, 0.4) is 0 Å². The fourth-order valence-corrected chi connectivity index (χ4v) is 1.58. The van der Waals surface area contributed by atoms with Gasteiger partial charge < -0.3 is 0 Å². The third-order valence-corrected chi connectivity index (χ3v) is 2.40. The van der Waals surface area contributed by atoms with Gasteiger partial charge in [-0.25, -0.2) is 5.01 Å². The summed E-state index contributed by atoms with van der Waals surface area (Å²) < 4.78 is 0. The molecule has 0 fully saturated rings. The summed E-state index contributed by atoms with van der Waals surface area (Å²) in [6.07, 6.45) is 0.735. The zero-order valence-corrected chi connectivity index (χ0v) is 9.30.